The number of carboxylic acids is 1. The Balaban J connectivity index is 2.57. The highest BCUT2D eigenvalue weighted by Crippen LogP contribution is 2.21. The van der Waals surface area contributed by atoms with Gasteiger partial charge in [-0.25, -0.2) is 4.79 Å². The van der Waals surface area contributed by atoms with Crippen LogP contribution in [0, 0.1) is 5.92 Å². The van der Waals surface area contributed by atoms with Crippen LogP contribution in [0.15, 0.2) is 0 Å². The van der Waals surface area contributed by atoms with Gasteiger partial charge >= 0.3 is 11.9 Å². The van der Waals surface area contributed by atoms with Crippen LogP contribution in [0.5, 0.6) is 0 Å². The Morgan fingerprint density at radius 1 is 1.47 bits per heavy atom. The van der Waals surface area contributed by atoms with Gasteiger partial charge in [-0.05, 0) is 27.2 Å². The molecule has 6 nitrogen and oxygen atoms in total. The summed E-state index contributed by atoms with van der Waals surface area (Å²) in [6.45, 7) is 5.20. The van der Waals surface area contributed by atoms with Crippen molar-refractivity contribution in [2.24, 2.45) is 5.92 Å². The lowest BCUT2D eigenvalue weighted by Crippen LogP contribution is -2.38. The van der Waals surface area contributed by atoms with Crippen LogP contribution in [0.3, 0.4) is 0 Å². The van der Waals surface area contributed by atoms with Gasteiger partial charge in [0.15, 0.2) is 0 Å². The van der Waals surface area contributed by atoms with E-state index in [9.17, 15) is 14.4 Å². The number of hydrogen-bond acceptors (Lipinski definition) is 4. The van der Waals surface area contributed by atoms with Crippen molar-refractivity contribution in [2.75, 3.05) is 0 Å². The molecule has 1 aliphatic heterocycles. The predicted octanol–water partition coefficient (Wildman–Crippen LogP) is 0.307. The first kappa shape index (κ1) is 13.5. The summed E-state index contributed by atoms with van der Waals surface area (Å²) in [6, 6.07) is -0.730. The Labute approximate surface area is 99.3 Å². The molecule has 1 saturated heterocycles. The first-order valence-electron chi connectivity index (χ1n) is 5.44. The quantitative estimate of drug-likeness (QED) is 0.696. The second-order valence-electron chi connectivity index (χ2n) is 5.13. The summed E-state index contributed by atoms with van der Waals surface area (Å²) in [5.41, 5.74) is -0.618. The highest BCUT2D eigenvalue weighted by molar-refractivity contribution is 5.91. The molecule has 1 aliphatic rings. The third kappa shape index (κ3) is 4.05. The normalized spacial score (nSPS) is 24.3. The molecule has 96 valence electrons. The number of hydrogen-bond donors (Lipinski definition) is 2. The number of aliphatic carboxylic acids is 1. The van der Waals surface area contributed by atoms with E-state index in [2.05, 4.69) is 5.32 Å². The van der Waals surface area contributed by atoms with Gasteiger partial charge in [0.05, 0.1) is 12.3 Å². The fourth-order valence-electron chi connectivity index (χ4n) is 1.65. The van der Waals surface area contributed by atoms with Crippen LogP contribution in [0.25, 0.3) is 0 Å². The SMILES string of the molecule is CC(C)(C)OC(=O)[C@@H]1C[C@H](CC(=O)O)C(=O)N1. The topological polar surface area (TPSA) is 92.7 Å². The van der Waals surface area contributed by atoms with Gasteiger partial charge < -0.3 is 15.2 Å². The van der Waals surface area contributed by atoms with Crippen molar-refractivity contribution in [1.82, 2.24) is 5.32 Å². The molecule has 1 fully saturated rings. The van der Waals surface area contributed by atoms with Gasteiger partial charge in [0.1, 0.15) is 11.6 Å². The van der Waals surface area contributed by atoms with Crippen LogP contribution in [-0.2, 0) is 19.1 Å². The maximum atomic E-state index is 11.7. The molecule has 1 rings (SSSR count). The van der Waals surface area contributed by atoms with E-state index in [1.807, 2.05) is 0 Å². The van der Waals surface area contributed by atoms with Crippen LogP contribution < -0.4 is 5.32 Å². The van der Waals surface area contributed by atoms with Crippen LogP contribution >= 0.6 is 0 Å². The zero-order chi connectivity index (χ0) is 13.2. The molecule has 0 aliphatic carbocycles. The molecular formula is C11H17NO5. The molecule has 2 atom stereocenters. The number of ether oxygens (including phenoxy) is 1. The molecule has 1 amide bonds. The summed E-state index contributed by atoms with van der Waals surface area (Å²) in [5, 5.41) is 11.1. The number of esters is 1. The lowest BCUT2D eigenvalue weighted by atomic mass is 10.0. The molecule has 0 aromatic heterocycles. The largest absolute Gasteiger partial charge is 0.481 e. The van der Waals surface area contributed by atoms with E-state index in [1.54, 1.807) is 20.8 Å². The molecule has 6 heteroatoms. The average Bonchev–Trinajstić information content (AvgIpc) is 2.44. The van der Waals surface area contributed by atoms with Gasteiger partial charge in [-0.1, -0.05) is 0 Å². The van der Waals surface area contributed by atoms with Gasteiger partial charge in [-0.15, -0.1) is 0 Å². The summed E-state index contributed by atoms with van der Waals surface area (Å²) in [6.07, 6.45) is -0.0782. The van der Waals surface area contributed by atoms with E-state index < -0.39 is 35.4 Å². The fraction of sp³-hybridized carbons (Fsp3) is 0.727. The minimum Gasteiger partial charge on any atom is -0.481 e. The number of amides is 1. The number of nitrogens with one attached hydrogen (secondary N) is 1. The van der Waals surface area contributed by atoms with Gasteiger partial charge in [0, 0.05) is 0 Å². The Morgan fingerprint density at radius 2 is 2.06 bits per heavy atom. The lowest BCUT2D eigenvalue weighted by molar-refractivity contribution is -0.157. The molecule has 2 N–H and O–H groups in total. The van der Waals surface area contributed by atoms with Crippen LogP contribution in [-0.4, -0.2) is 34.6 Å². The monoisotopic (exact) mass is 243 g/mol. The smallest absolute Gasteiger partial charge is 0.329 e. The van der Waals surface area contributed by atoms with Crippen LogP contribution in [0.1, 0.15) is 33.6 Å². The molecule has 0 saturated carbocycles. The van der Waals surface area contributed by atoms with E-state index >= 15 is 0 Å². The molecule has 0 radical (unpaired) electrons. The highest BCUT2D eigenvalue weighted by atomic mass is 16.6. The molecule has 0 unspecified atom stereocenters. The van der Waals surface area contributed by atoms with E-state index in [-0.39, 0.29) is 12.8 Å². The molecule has 1 heterocycles. The molecule has 0 aromatic rings. The van der Waals surface area contributed by atoms with Crippen LogP contribution in [0.2, 0.25) is 0 Å². The molecular weight excluding hydrogens is 226 g/mol. The van der Waals surface area contributed by atoms with Crippen molar-refractivity contribution in [3.63, 3.8) is 0 Å². The van der Waals surface area contributed by atoms with Gasteiger partial charge in [0.25, 0.3) is 0 Å². The number of carboxylic acid groups (broad SMARTS) is 1. The lowest BCUT2D eigenvalue weighted by Gasteiger charge is -2.21. The third-order valence-electron chi connectivity index (χ3n) is 2.32. The zero-order valence-corrected chi connectivity index (χ0v) is 10.1. The zero-order valence-electron chi connectivity index (χ0n) is 10.1. The number of carbonyl (C=O) groups excluding carboxylic acids is 2. The van der Waals surface area contributed by atoms with E-state index in [0.29, 0.717) is 0 Å². The Bertz CT molecular complexity index is 344. The van der Waals surface area contributed by atoms with E-state index in [1.165, 1.54) is 0 Å². The minimum atomic E-state index is -1.05. The average molecular weight is 243 g/mol. The molecule has 0 aromatic carbocycles. The standard InChI is InChI=1S/C11H17NO5/c1-11(2,3)17-10(16)7-4-6(5-8(13)14)9(15)12-7/h6-7H,4-5H2,1-3H3,(H,12,15)(H,13,14)/t6-,7+/m1/s1. The van der Waals surface area contributed by atoms with E-state index in [0.717, 1.165) is 0 Å². The highest BCUT2D eigenvalue weighted by Gasteiger charge is 2.39. The predicted molar refractivity (Wildman–Crippen MR) is 58.1 cm³/mol. The van der Waals surface area contributed by atoms with E-state index in [4.69, 9.17) is 9.84 Å². The summed E-state index contributed by atoms with van der Waals surface area (Å²) < 4.78 is 5.12. The first-order chi connectivity index (χ1) is 7.69. The second kappa shape index (κ2) is 4.73. The molecule has 0 bridgehead atoms. The van der Waals surface area contributed by atoms with Crippen LogP contribution in [0.4, 0.5) is 0 Å². The maximum Gasteiger partial charge on any atom is 0.329 e. The summed E-state index contributed by atoms with van der Waals surface area (Å²) >= 11 is 0. The Morgan fingerprint density at radius 3 is 2.53 bits per heavy atom. The van der Waals surface area contributed by atoms with Crippen molar-refractivity contribution < 1.29 is 24.2 Å². The summed E-state index contributed by atoms with van der Waals surface area (Å²) in [5.74, 6) is -2.61. The Kier molecular flexibility index (Phi) is 3.75. The van der Waals surface area contributed by atoms with Crippen molar-refractivity contribution >= 4 is 17.8 Å². The second-order valence-corrected chi connectivity index (χ2v) is 5.13. The van der Waals surface area contributed by atoms with Gasteiger partial charge in [-0.3, -0.25) is 9.59 Å². The van der Waals surface area contributed by atoms with Gasteiger partial charge in [0.2, 0.25) is 5.91 Å². The van der Waals surface area contributed by atoms with Gasteiger partial charge in [-0.2, -0.15) is 0 Å². The molecule has 17 heavy (non-hydrogen) atoms. The van der Waals surface area contributed by atoms with Crippen molar-refractivity contribution in [3.8, 4) is 0 Å². The van der Waals surface area contributed by atoms with Crippen molar-refractivity contribution in [3.05, 3.63) is 0 Å². The summed E-state index contributed by atoms with van der Waals surface area (Å²) in [4.78, 5) is 33.6. The Hall–Kier alpha value is -1.59. The first-order valence-corrected chi connectivity index (χ1v) is 5.44. The number of carbonyl (C=O) groups is 3. The maximum absolute atomic E-state index is 11.7. The third-order valence-corrected chi connectivity index (χ3v) is 2.32. The minimum absolute atomic E-state index is 0.181. The molecule has 0 spiro atoms. The fourth-order valence-corrected chi connectivity index (χ4v) is 1.65. The van der Waals surface area contributed by atoms with Crippen molar-refractivity contribution in [1.29, 1.82) is 0 Å². The number of rotatable bonds is 3. The van der Waals surface area contributed by atoms with Crippen molar-refractivity contribution in [2.45, 2.75) is 45.3 Å². The summed E-state index contributed by atoms with van der Waals surface area (Å²) in [7, 11) is 0.